The van der Waals surface area contributed by atoms with Crippen molar-refractivity contribution >= 4 is 11.9 Å². The van der Waals surface area contributed by atoms with Gasteiger partial charge in [0, 0.05) is 19.0 Å². The van der Waals surface area contributed by atoms with E-state index in [1.807, 2.05) is 6.92 Å². The molecule has 2 rings (SSSR count). The maximum Gasteiger partial charge on any atom is 0.311 e. The molecule has 0 radical (unpaired) electrons. The molecule has 2 fully saturated rings. The molecule has 0 bridgehead atoms. The van der Waals surface area contributed by atoms with E-state index < -0.39 is 11.4 Å². The summed E-state index contributed by atoms with van der Waals surface area (Å²) in [4.78, 5) is 25.3. The number of aliphatic carboxylic acids is 1. The summed E-state index contributed by atoms with van der Waals surface area (Å²) in [6.07, 6.45) is 6.65. The number of amides is 1. The fourth-order valence-electron chi connectivity index (χ4n) is 3.48. The summed E-state index contributed by atoms with van der Waals surface area (Å²) in [5.74, 6) is 0.106. The lowest BCUT2D eigenvalue weighted by molar-refractivity contribution is -0.147. The van der Waals surface area contributed by atoms with E-state index in [0.29, 0.717) is 25.4 Å². The van der Waals surface area contributed by atoms with Crippen LogP contribution in [0.2, 0.25) is 0 Å². The van der Waals surface area contributed by atoms with E-state index >= 15 is 0 Å². The minimum Gasteiger partial charge on any atom is -0.481 e. The molecule has 4 nitrogen and oxygen atoms in total. The van der Waals surface area contributed by atoms with E-state index in [1.54, 1.807) is 11.8 Å². The molecule has 0 spiro atoms. The number of hydrogen-bond acceptors (Lipinski definition) is 2. The molecule has 19 heavy (non-hydrogen) atoms. The summed E-state index contributed by atoms with van der Waals surface area (Å²) in [6.45, 7) is 4.70. The first-order chi connectivity index (χ1) is 8.92. The Morgan fingerprint density at radius 2 is 2.00 bits per heavy atom. The number of carbonyl (C=O) groups excluding carboxylic acids is 1. The molecule has 2 aliphatic rings. The van der Waals surface area contributed by atoms with E-state index in [4.69, 9.17) is 0 Å². The van der Waals surface area contributed by atoms with E-state index in [0.717, 1.165) is 6.42 Å². The number of likely N-dealkylation sites (tertiary alicyclic amines) is 1. The van der Waals surface area contributed by atoms with Gasteiger partial charge < -0.3 is 10.0 Å². The van der Waals surface area contributed by atoms with E-state index in [1.165, 1.54) is 25.7 Å². The number of nitrogens with zero attached hydrogens (tertiary/aromatic N) is 1. The van der Waals surface area contributed by atoms with Crippen molar-refractivity contribution in [2.75, 3.05) is 13.1 Å². The van der Waals surface area contributed by atoms with Gasteiger partial charge in [-0.3, -0.25) is 9.59 Å². The first kappa shape index (κ1) is 14.4. The van der Waals surface area contributed by atoms with Crippen LogP contribution in [-0.4, -0.2) is 35.0 Å². The zero-order valence-corrected chi connectivity index (χ0v) is 12.0. The molecule has 1 aliphatic carbocycles. The van der Waals surface area contributed by atoms with Crippen LogP contribution in [0.5, 0.6) is 0 Å². The van der Waals surface area contributed by atoms with Crippen LogP contribution in [0, 0.1) is 17.3 Å². The van der Waals surface area contributed by atoms with Gasteiger partial charge in [-0.2, -0.15) is 0 Å². The number of carbonyl (C=O) groups is 2. The van der Waals surface area contributed by atoms with Crippen LogP contribution in [0.3, 0.4) is 0 Å². The van der Waals surface area contributed by atoms with Crippen LogP contribution in [0.1, 0.15) is 52.4 Å². The zero-order chi connectivity index (χ0) is 14.0. The molecule has 1 heterocycles. The Kier molecular flexibility index (Phi) is 4.16. The molecule has 1 saturated heterocycles. The van der Waals surface area contributed by atoms with Gasteiger partial charge in [0.25, 0.3) is 0 Å². The Hall–Kier alpha value is -1.06. The fraction of sp³-hybridized carbons (Fsp3) is 0.867. The molecule has 0 aromatic carbocycles. The topological polar surface area (TPSA) is 57.6 Å². The highest BCUT2D eigenvalue weighted by Crippen LogP contribution is 2.34. The Balaban J connectivity index is 1.88. The third kappa shape index (κ3) is 3.10. The average molecular weight is 267 g/mol. The minimum atomic E-state index is -0.786. The summed E-state index contributed by atoms with van der Waals surface area (Å²) in [6, 6.07) is 0. The average Bonchev–Trinajstić information content (AvgIpc) is 2.98. The highest BCUT2D eigenvalue weighted by Gasteiger charge is 2.42. The Labute approximate surface area is 115 Å². The van der Waals surface area contributed by atoms with Crippen molar-refractivity contribution in [1.82, 2.24) is 4.90 Å². The van der Waals surface area contributed by atoms with Gasteiger partial charge in [-0.05, 0) is 25.7 Å². The second-order valence-corrected chi connectivity index (χ2v) is 6.66. The van der Waals surface area contributed by atoms with Crippen LogP contribution in [-0.2, 0) is 9.59 Å². The van der Waals surface area contributed by atoms with Gasteiger partial charge in [-0.15, -0.1) is 0 Å². The first-order valence-electron chi connectivity index (χ1n) is 7.44. The van der Waals surface area contributed by atoms with Crippen molar-refractivity contribution < 1.29 is 14.7 Å². The Morgan fingerprint density at radius 1 is 1.37 bits per heavy atom. The highest BCUT2D eigenvalue weighted by molar-refractivity contribution is 5.81. The summed E-state index contributed by atoms with van der Waals surface area (Å²) >= 11 is 0. The Morgan fingerprint density at radius 3 is 2.53 bits per heavy atom. The van der Waals surface area contributed by atoms with Crippen LogP contribution >= 0.6 is 0 Å². The predicted octanol–water partition coefficient (Wildman–Crippen LogP) is 2.53. The molecule has 1 N–H and O–H groups in total. The van der Waals surface area contributed by atoms with Crippen molar-refractivity contribution in [3.8, 4) is 0 Å². The van der Waals surface area contributed by atoms with E-state index in [2.05, 4.69) is 0 Å². The van der Waals surface area contributed by atoms with Crippen molar-refractivity contribution in [3.05, 3.63) is 0 Å². The Bertz CT molecular complexity index is 362. The third-order valence-corrected chi connectivity index (χ3v) is 4.88. The fourth-order valence-corrected chi connectivity index (χ4v) is 3.48. The van der Waals surface area contributed by atoms with Crippen molar-refractivity contribution in [3.63, 3.8) is 0 Å². The van der Waals surface area contributed by atoms with Gasteiger partial charge in [0.15, 0.2) is 0 Å². The van der Waals surface area contributed by atoms with Crippen LogP contribution < -0.4 is 0 Å². The minimum absolute atomic E-state index is 0.0410. The molecule has 1 aliphatic heterocycles. The van der Waals surface area contributed by atoms with Gasteiger partial charge in [0.2, 0.25) is 5.91 Å². The zero-order valence-electron chi connectivity index (χ0n) is 12.0. The number of hydrogen-bond donors (Lipinski definition) is 1. The summed E-state index contributed by atoms with van der Waals surface area (Å²) in [5, 5.41) is 9.20. The normalized spacial score (nSPS) is 29.7. The summed E-state index contributed by atoms with van der Waals surface area (Å²) in [5.41, 5.74) is -0.747. The highest BCUT2D eigenvalue weighted by atomic mass is 16.4. The molecule has 4 heteroatoms. The summed E-state index contributed by atoms with van der Waals surface area (Å²) < 4.78 is 0. The lowest BCUT2D eigenvalue weighted by Crippen LogP contribution is -2.37. The molecular formula is C15H25NO3. The lowest BCUT2D eigenvalue weighted by atomic mass is 9.90. The molecule has 108 valence electrons. The molecular weight excluding hydrogens is 242 g/mol. The molecule has 1 amide bonds. The van der Waals surface area contributed by atoms with E-state index in [-0.39, 0.29) is 11.8 Å². The van der Waals surface area contributed by atoms with Gasteiger partial charge in [-0.25, -0.2) is 0 Å². The van der Waals surface area contributed by atoms with Gasteiger partial charge in [0.1, 0.15) is 0 Å². The smallest absolute Gasteiger partial charge is 0.311 e. The van der Waals surface area contributed by atoms with Crippen molar-refractivity contribution in [1.29, 1.82) is 0 Å². The number of rotatable bonds is 4. The molecule has 0 aromatic rings. The van der Waals surface area contributed by atoms with Gasteiger partial charge >= 0.3 is 5.97 Å². The van der Waals surface area contributed by atoms with Crippen molar-refractivity contribution in [2.24, 2.45) is 17.3 Å². The third-order valence-electron chi connectivity index (χ3n) is 4.88. The number of carboxylic acid groups (broad SMARTS) is 1. The van der Waals surface area contributed by atoms with Crippen LogP contribution in [0.25, 0.3) is 0 Å². The second kappa shape index (κ2) is 5.51. The van der Waals surface area contributed by atoms with Crippen LogP contribution in [0.15, 0.2) is 0 Å². The molecule has 2 unspecified atom stereocenters. The standard InChI is InChI=1S/C15H25NO3/c1-11(9-12-5-3-4-6-12)13(17)16-8-7-15(2,10-16)14(18)19/h11-12H,3-10H2,1-2H3,(H,18,19). The molecule has 1 saturated carbocycles. The maximum atomic E-state index is 12.4. The molecule has 2 atom stereocenters. The SMILES string of the molecule is CC(CC1CCCC1)C(=O)N1CCC(C)(C(=O)O)C1. The first-order valence-corrected chi connectivity index (χ1v) is 7.44. The second-order valence-electron chi connectivity index (χ2n) is 6.66. The predicted molar refractivity (Wildman–Crippen MR) is 72.7 cm³/mol. The van der Waals surface area contributed by atoms with E-state index in [9.17, 15) is 14.7 Å². The number of carboxylic acids is 1. The van der Waals surface area contributed by atoms with Gasteiger partial charge in [-0.1, -0.05) is 32.6 Å². The van der Waals surface area contributed by atoms with Gasteiger partial charge in [0.05, 0.1) is 5.41 Å². The van der Waals surface area contributed by atoms with Crippen LogP contribution in [0.4, 0.5) is 0 Å². The van der Waals surface area contributed by atoms with Crippen molar-refractivity contribution in [2.45, 2.75) is 52.4 Å². The monoisotopic (exact) mass is 267 g/mol. The quantitative estimate of drug-likeness (QED) is 0.851. The molecule has 0 aromatic heterocycles. The lowest BCUT2D eigenvalue weighted by Gasteiger charge is -2.24. The largest absolute Gasteiger partial charge is 0.481 e. The maximum absolute atomic E-state index is 12.4. The summed E-state index contributed by atoms with van der Waals surface area (Å²) in [7, 11) is 0.